The van der Waals surface area contributed by atoms with Crippen LogP contribution in [0.3, 0.4) is 0 Å². The quantitative estimate of drug-likeness (QED) is 0.909. The van der Waals surface area contributed by atoms with Crippen molar-refractivity contribution in [2.45, 2.75) is 6.92 Å². The molecule has 7 heteroatoms. The van der Waals surface area contributed by atoms with Gasteiger partial charge < -0.3 is 15.8 Å². The average molecular weight is 295 g/mol. The lowest BCUT2D eigenvalue weighted by molar-refractivity contribution is 0.101. The number of rotatable bonds is 3. The second-order valence-electron chi connectivity index (χ2n) is 4.27. The number of anilines is 2. The first-order valence-electron chi connectivity index (χ1n) is 5.88. The van der Waals surface area contributed by atoms with E-state index in [0.29, 0.717) is 33.5 Å². The van der Waals surface area contributed by atoms with Gasteiger partial charge in [0.2, 0.25) is 0 Å². The molecule has 0 radical (unpaired) electrons. The minimum atomic E-state index is -0.369. The first-order chi connectivity index (χ1) is 9.43. The number of nitrogen functional groups attached to an aromatic ring is 1. The van der Waals surface area contributed by atoms with Gasteiger partial charge in [-0.25, -0.2) is 0 Å². The van der Waals surface area contributed by atoms with Gasteiger partial charge >= 0.3 is 0 Å². The molecule has 0 fully saturated rings. The molecule has 0 bridgehead atoms. The Balaban J connectivity index is 2.35. The number of nitrogens with two attached hydrogens (primary N) is 1. The molecule has 0 aliphatic carbocycles. The van der Waals surface area contributed by atoms with E-state index in [1.54, 1.807) is 32.2 Å². The summed E-state index contributed by atoms with van der Waals surface area (Å²) in [5.74, 6) is 0.145. The summed E-state index contributed by atoms with van der Waals surface area (Å²) in [5.41, 5.74) is 7.59. The summed E-state index contributed by atoms with van der Waals surface area (Å²) in [4.78, 5) is 12.3. The Hall–Kier alpha value is -2.21. The molecule has 0 aliphatic rings. The van der Waals surface area contributed by atoms with Crippen LogP contribution in [-0.2, 0) is 7.05 Å². The average Bonchev–Trinajstić information content (AvgIpc) is 2.63. The SMILES string of the molecule is COc1ccc(Cl)cc1NC(=O)c1c(N)c(C)nn1C. The van der Waals surface area contributed by atoms with E-state index in [0.717, 1.165) is 0 Å². The fraction of sp³-hybridized carbons (Fsp3) is 0.231. The smallest absolute Gasteiger partial charge is 0.276 e. The largest absolute Gasteiger partial charge is 0.495 e. The molecular weight excluding hydrogens is 280 g/mol. The van der Waals surface area contributed by atoms with Gasteiger partial charge in [0.05, 0.1) is 24.2 Å². The van der Waals surface area contributed by atoms with E-state index >= 15 is 0 Å². The number of aryl methyl sites for hydroxylation is 2. The van der Waals surface area contributed by atoms with E-state index in [-0.39, 0.29) is 5.91 Å². The highest BCUT2D eigenvalue weighted by Crippen LogP contribution is 2.28. The Labute approximate surface area is 121 Å². The van der Waals surface area contributed by atoms with E-state index in [9.17, 15) is 4.79 Å². The number of carbonyl (C=O) groups is 1. The standard InChI is InChI=1S/C13H15ClN4O2/c1-7-11(15)12(18(2)17-7)13(19)16-9-6-8(14)4-5-10(9)20-3/h4-6H,15H2,1-3H3,(H,16,19). The fourth-order valence-corrected chi connectivity index (χ4v) is 2.08. The predicted molar refractivity (Wildman–Crippen MR) is 78.3 cm³/mol. The number of nitrogens with one attached hydrogen (secondary N) is 1. The van der Waals surface area contributed by atoms with Crippen LogP contribution in [0.25, 0.3) is 0 Å². The molecule has 1 amide bonds. The lowest BCUT2D eigenvalue weighted by atomic mass is 10.2. The molecule has 1 aromatic carbocycles. The van der Waals surface area contributed by atoms with Crippen LogP contribution >= 0.6 is 11.6 Å². The Kier molecular flexibility index (Phi) is 3.85. The Bertz CT molecular complexity index is 667. The number of carbonyl (C=O) groups excluding carboxylic acids is 1. The summed E-state index contributed by atoms with van der Waals surface area (Å²) in [6, 6.07) is 4.96. The van der Waals surface area contributed by atoms with Crippen molar-refractivity contribution in [1.29, 1.82) is 0 Å². The molecule has 1 aromatic heterocycles. The van der Waals surface area contributed by atoms with E-state index in [1.165, 1.54) is 11.8 Å². The first kappa shape index (κ1) is 14.2. The summed E-state index contributed by atoms with van der Waals surface area (Å²) < 4.78 is 6.62. The maximum atomic E-state index is 12.3. The molecular formula is C13H15ClN4O2. The Morgan fingerprint density at radius 1 is 1.50 bits per heavy atom. The van der Waals surface area contributed by atoms with Crippen molar-refractivity contribution in [3.8, 4) is 5.75 Å². The zero-order chi connectivity index (χ0) is 14.9. The third kappa shape index (κ3) is 2.55. The number of aromatic nitrogens is 2. The van der Waals surface area contributed by atoms with Crippen molar-refractivity contribution in [2.75, 3.05) is 18.2 Å². The van der Waals surface area contributed by atoms with Gasteiger partial charge in [0.15, 0.2) is 0 Å². The maximum Gasteiger partial charge on any atom is 0.276 e. The number of nitrogens with zero attached hydrogens (tertiary/aromatic N) is 2. The molecule has 0 unspecified atom stereocenters. The lowest BCUT2D eigenvalue weighted by Gasteiger charge is -2.11. The summed E-state index contributed by atoms with van der Waals surface area (Å²) in [6.45, 7) is 1.74. The van der Waals surface area contributed by atoms with Gasteiger partial charge in [-0.2, -0.15) is 5.10 Å². The molecule has 0 saturated carbocycles. The van der Waals surface area contributed by atoms with Gasteiger partial charge in [0.1, 0.15) is 11.4 Å². The number of halogens is 1. The number of ether oxygens (including phenoxy) is 1. The van der Waals surface area contributed by atoms with Gasteiger partial charge in [-0.05, 0) is 25.1 Å². The molecule has 0 spiro atoms. The van der Waals surface area contributed by atoms with Gasteiger partial charge in [0.25, 0.3) is 5.91 Å². The molecule has 0 saturated heterocycles. The topological polar surface area (TPSA) is 82.2 Å². The fourth-order valence-electron chi connectivity index (χ4n) is 1.90. The van der Waals surface area contributed by atoms with Crippen LogP contribution in [0.15, 0.2) is 18.2 Å². The molecule has 2 aromatic rings. The lowest BCUT2D eigenvalue weighted by Crippen LogP contribution is -2.18. The Morgan fingerprint density at radius 2 is 2.20 bits per heavy atom. The van der Waals surface area contributed by atoms with Crippen molar-refractivity contribution >= 4 is 28.9 Å². The van der Waals surface area contributed by atoms with Crippen molar-refractivity contribution in [1.82, 2.24) is 9.78 Å². The summed E-state index contributed by atoms with van der Waals surface area (Å²) in [7, 11) is 3.18. The summed E-state index contributed by atoms with van der Waals surface area (Å²) >= 11 is 5.92. The number of hydrogen-bond acceptors (Lipinski definition) is 4. The van der Waals surface area contributed by atoms with Crippen LogP contribution in [0, 0.1) is 6.92 Å². The van der Waals surface area contributed by atoms with E-state index < -0.39 is 0 Å². The van der Waals surface area contributed by atoms with E-state index in [4.69, 9.17) is 22.1 Å². The van der Waals surface area contributed by atoms with Crippen LogP contribution in [0.2, 0.25) is 5.02 Å². The second-order valence-corrected chi connectivity index (χ2v) is 4.71. The number of hydrogen-bond donors (Lipinski definition) is 2. The highest BCUT2D eigenvalue weighted by molar-refractivity contribution is 6.31. The summed E-state index contributed by atoms with van der Waals surface area (Å²) in [6.07, 6.45) is 0. The van der Waals surface area contributed by atoms with E-state index in [2.05, 4.69) is 10.4 Å². The number of methoxy groups -OCH3 is 1. The van der Waals surface area contributed by atoms with Crippen LogP contribution in [0.4, 0.5) is 11.4 Å². The number of amides is 1. The first-order valence-corrected chi connectivity index (χ1v) is 6.25. The highest BCUT2D eigenvalue weighted by atomic mass is 35.5. The zero-order valence-electron chi connectivity index (χ0n) is 11.4. The minimum Gasteiger partial charge on any atom is -0.495 e. The van der Waals surface area contributed by atoms with Crippen molar-refractivity contribution in [3.63, 3.8) is 0 Å². The van der Waals surface area contributed by atoms with Crippen LogP contribution in [-0.4, -0.2) is 22.8 Å². The van der Waals surface area contributed by atoms with Gasteiger partial charge in [-0.1, -0.05) is 11.6 Å². The monoisotopic (exact) mass is 294 g/mol. The molecule has 3 N–H and O–H groups in total. The predicted octanol–water partition coefficient (Wildman–Crippen LogP) is 2.23. The molecule has 0 atom stereocenters. The van der Waals surface area contributed by atoms with Crippen LogP contribution in [0.1, 0.15) is 16.2 Å². The Morgan fingerprint density at radius 3 is 2.75 bits per heavy atom. The van der Waals surface area contributed by atoms with Gasteiger partial charge in [0, 0.05) is 12.1 Å². The highest BCUT2D eigenvalue weighted by Gasteiger charge is 2.19. The molecule has 6 nitrogen and oxygen atoms in total. The van der Waals surface area contributed by atoms with Crippen molar-refractivity contribution < 1.29 is 9.53 Å². The molecule has 20 heavy (non-hydrogen) atoms. The third-order valence-corrected chi connectivity index (χ3v) is 3.13. The normalized spacial score (nSPS) is 10.4. The third-order valence-electron chi connectivity index (χ3n) is 2.89. The molecule has 1 heterocycles. The zero-order valence-corrected chi connectivity index (χ0v) is 12.2. The maximum absolute atomic E-state index is 12.3. The van der Waals surface area contributed by atoms with Crippen LogP contribution in [0.5, 0.6) is 5.75 Å². The number of benzene rings is 1. The molecule has 0 aliphatic heterocycles. The van der Waals surface area contributed by atoms with Crippen molar-refractivity contribution in [2.24, 2.45) is 7.05 Å². The minimum absolute atomic E-state index is 0.296. The molecule has 2 rings (SSSR count). The second kappa shape index (κ2) is 5.42. The van der Waals surface area contributed by atoms with E-state index in [1.807, 2.05) is 0 Å². The summed E-state index contributed by atoms with van der Waals surface area (Å²) in [5, 5.41) is 7.33. The van der Waals surface area contributed by atoms with Crippen LogP contribution < -0.4 is 15.8 Å². The van der Waals surface area contributed by atoms with Gasteiger partial charge in [-0.15, -0.1) is 0 Å². The molecule has 106 valence electrons. The van der Waals surface area contributed by atoms with Gasteiger partial charge in [-0.3, -0.25) is 9.48 Å². The van der Waals surface area contributed by atoms with Crippen molar-refractivity contribution in [3.05, 3.63) is 34.6 Å².